The molecular weight excluding hydrogens is 200 g/mol. The van der Waals surface area contributed by atoms with E-state index in [1.165, 1.54) is 32.1 Å². The first-order valence-electron chi connectivity index (χ1n) is 6.74. The molecule has 0 amide bonds. The first kappa shape index (κ1) is 13.9. The Hall–Kier alpha value is -0.120. The van der Waals surface area contributed by atoms with Crippen LogP contribution in [0.4, 0.5) is 0 Å². The number of aliphatic hydroxyl groups excluding tert-OH is 1. The van der Waals surface area contributed by atoms with Gasteiger partial charge in [0.25, 0.3) is 0 Å². The van der Waals surface area contributed by atoms with Crippen LogP contribution in [0, 0.1) is 5.92 Å². The molecule has 4 N–H and O–H groups in total. The molecule has 0 heterocycles. The molecule has 0 bridgehead atoms. The Bertz CT molecular complexity index is 188. The molecule has 0 saturated heterocycles. The minimum atomic E-state index is 0.139. The normalized spacial score (nSPS) is 32.6. The Balaban J connectivity index is 2.45. The first-order valence-corrected chi connectivity index (χ1v) is 6.74. The van der Waals surface area contributed by atoms with E-state index >= 15 is 0 Å². The van der Waals surface area contributed by atoms with Crippen LogP contribution in [0.2, 0.25) is 0 Å². The Labute approximate surface area is 99.8 Å². The van der Waals surface area contributed by atoms with Crippen molar-refractivity contribution in [2.45, 2.75) is 64.0 Å². The minimum absolute atomic E-state index is 0.139. The van der Waals surface area contributed by atoms with Gasteiger partial charge in [-0.05, 0) is 44.9 Å². The molecule has 96 valence electrons. The summed E-state index contributed by atoms with van der Waals surface area (Å²) in [5, 5.41) is 12.6. The fourth-order valence-corrected chi connectivity index (χ4v) is 2.83. The fraction of sp³-hybridized carbons (Fsp3) is 1.00. The van der Waals surface area contributed by atoms with Crippen LogP contribution < -0.4 is 11.1 Å². The summed E-state index contributed by atoms with van der Waals surface area (Å²) in [7, 11) is 0. The number of nitrogens with one attached hydrogen (secondary N) is 1. The molecule has 1 aliphatic carbocycles. The van der Waals surface area contributed by atoms with Gasteiger partial charge >= 0.3 is 0 Å². The molecule has 0 radical (unpaired) electrons. The van der Waals surface area contributed by atoms with Crippen LogP contribution in [-0.4, -0.2) is 29.8 Å². The van der Waals surface area contributed by atoms with Crippen molar-refractivity contribution in [1.29, 1.82) is 0 Å². The van der Waals surface area contributed by atoms with Crippen molar-refractivity contribution in [3.05, 3.63) is 0 Å². The van der Waals surface area contributed by atoms with E-state index in [-0.39, 0.29) is 12.1 Å². The monoisotopic (exact) mass is 228 g/mol. The molecule has 1 atom stereocenters. The number of hydrogen-bond acceptors (Lipinski definition) is 3. The quantitative estimate of drug-likeness (QED) is 0.648. The molecule has 0 aliphatic heterocycles. The first-order chi connectivity index (χ1) is 7.65. The maximum absolute atomic E-state index is 8.93. The summed E-state index contributed by atoms with van der Waals surface area (Å²) in [6.07, 6.45) is 7.10. The second-order valence-electron chi connectivity index (χ2n) is 5.39. The molecule has 3 heteroatoms. The van der Waals surface area contributed by atoms with Crippen molar-refractivity contribution in [3.8, 4) is 0 Å². The molecule has 0 aromatic carbocycles. The van der Waals surface area contributed by atoms with Crippen molar-refractivity contribution in [2.75, 3.05) is 13.2 Å². The molecule has 1 saturated carbocycles. The lowest BCUT2D eigenvalue weighted by atomic mass is 9.75. The SMILES string of the molecule is CCC1CCC(CN)(NC(C)CCO)CC1. The lowest BCUT2D eigenvalue weighted by Crippen LogP contribution is -2.56. The largest absolute Gasteiger partial charge is 0.396 e. The number of hydrogen-bond donors (Lipinski definition) is 3. The van der Waals surface area contributed by atoms with Gasteiger partial charge in [-0.25, -0.2) is 0 Å². The Morgan fingerprint density at radius 3 is 2.50 bits per heavy atom. The minimum Gasteiger partial charge on any atom is -0.396 e. The third-order valence-electron chi connectivity index (χ3n) is 4.15. The van der Waals surface area contributed by atoms with Crippen LogP contribution in [0.5, 0.6) is 0 Å². The summed E-state index contributed by atoms with van der Waals surface area (Å²) in [5.74, 6) is 0.898. The Morgan fingerprint density at radius 1 is 1.44 bits per heavy atom. The van der Waals surface area contributed by atoms with Gasteiger partial charge in [0.15, 0.2) is 0 Å². The highest BCUT2D eigenvalue weighted by Crippen LogP contribution is 2.33. The highest BCUT2D eigenvalue weighted by Gasteiger charge is 2.34. The molecule has 1 aliphatic rings. The van der Waals surface area contributed by atoms with Gasteiger partial charge in [0.2, 0.25) is 0 Å². The van der Waals surface area contributed by atoms with E-state index in [4.69, 9.17) is 10.8 Å². The lowest BCUT2D eigenvalue weighted by Gasteiger charge is -2.42. The van der Waals surface area contributed by atoms with Crippen LogP contribution in [0.1, 0.15) is 52.4 Å². The third kappa shape index (κ3) is 3.72. The van der Waals surface area contributed by atoms with E-state index in [2.05, 4.69) is 19.2 Å². The predicted molar refractivity (Wildman–Crippen MR) is 68.3 cm³/mol. The molecule has 3 nitrogen and oxygen atoms in total. The van der Waals surface area contributed by atoms with E-state index in [1.807, 2.05) is 0 Å². The maximum atomic E-state index is 8.93. The van der Waals surface area contributed by atoms with E-state index in [1.54, 1.807) is 0 Å². The zero-order valence-corrected chi connectivity index (χ0v) is 10.8. The second kappa shape index (κ2) is 6.58. The summed E-state index contributed by atoms with van der Waals surface area (Å²) in [6, 6.07) is 0.367. The van der Waals surface area contributed by atoms with Crippen LogP contribution >= 0.6 is 0 Å². The molecule has 16 heavy (non-hydrogen) atoms. The van der Waals surface area contributed by atoms with Crippen molar-refractivity contribution >= 4 is 0 Å². The highest BCUT2D eigenvalue weighted by atomic mass is 16.3. The summed E-state index contributed by atoms with van der Waals surface area (Å²) in [5.41, 5.74) is 6.08. The van der Waals surface area contributed by atoms with Crippen LogP contribution in [0.15, 0.2) is 0 Å². The van der Waals surface area contributed by atoms with Gasteiger partial charge in [0.05, 0.1) is 0 Å². The van der Waals surface area contributed by atoms with E-state index in [0.717, 1.165) is 18.9 Å². The molecular formula is C13H28N2O. The van der Waals surface area contributed by atoms with Crippen LogP contribution in [0.3, 0.4) is 0 Å². The standard InChI is InChI=1S/C13H28N2O/c1-3-12-4-7-13(10-14,8-5-12)15-11(2)6-9-16/h11-12,15-16H,3-10,14H2,1-2H3. The Morgan fingerprint density at radius 2 is 2.06 bits per heavy atom. The zero-order valence-electron chi connectivity index (χ0n) is 10.8. The van der Waals surface area contributed by atoms with Crippen LogP contribution in [0.25, 0.3) is 0 Å². The number of aliphatic hydroxyl groups is 1. The summed E-state index contributed by atoms with van der Waals surface area (Å²) < 4.78 is 0. The molecule has 1 fully saturated rings. The average molecular weight is 228 g/mol. The topological polar surface area (TPSA) is 58.3 Å². The van der Waals surface area contributed by atoms with Gasteiger partial charge in [-0.3, -0.25) is 0 Å². The third-order valence-corrected chi connectivity index (χ3v) is 4.15. The molecule has 0 aromatic rings. The van der Waals surface area contributed by atoms with Crippen molar-refractivity contribution < 1.29 is 5.11 Å². The van der Waals surface area contributed by atoms with Crippen molar-refractivity contribution in [3.63, 3.8) is 0 Å². The van der Waals surface area contributed by atoms with Crippen LogP contribution in [-0.2, 0) is 0 Å². The molecule has 0 spiro atoms. The second-order valence-corrected chi connectivity index (χ2v) is 5.39. The average Bonchev–Trinajstić information content (AvgIpc) is 2.30. The summed E-state index contributed by atoms with van der Waals surface area (Å²) in [4.78, 5) is 0. The Kier molecular flexibility index (Phi) is 5.73. The number of rotatable bonds is 6. The summed E-state index contributed by atoms with van der Waals surface area (Å²) >= 11 is 0. The molecule has 1 unspecified atom stereocenters. The number of nitrogens with two attached hydrogens (primary N) is 1. The molecule has 0 aromatic heterocycles. The maximum Gasteiger partial charge on any atom is 0.0445 e. The lowest BCUT2D eigenvalue weighted by molar-refractivity contribution is 0.165. The molecule has 1 rings (SSSR count). The smallest absolute Gasteiger partial charge is 0.0445 e. The summed E-state index contributed by atoms with van der Waals surface area (Å²) in [6.45, 7) is 5.40. The van der Waals surface area contributed by atoms with Gasteiger partial charge in [-0.1, -0.05) is 13.3 Å². The zero-order chi connectivity index (χ0) is 12.0. The predicted octanol–water partition coefficient (Wildman–Crippen LogP) is 1.64. The van der Waals surface area contributed by atoms with E-state index < -0.39 is 0 Å². The van der Waals surface area contributed by atoms with Gasteiger partial charge in [-0.2, -0.15) is 0 Å². The van der Waals surface area contributed by atoms with Crippen molar-refractivity contribution in [1.82, 2.24) is 5.32 Å². The van der Waals surface area contributed by atoms with Gasteiger partial charge in [0, 0.05) is 24.7 Å². The fourth-order valence-electron chi connectivity index (χ4n) is 2.83. The van der Waals surface area contributed by atoms with Gasteiger partial charge < -0.3 is 16.2 Å². The van der Waals surface area contributed by atoms with E-state index in [0.29, 0.717) is 6.04 Å². The van der Waals surface area contributed by atoms with Gasteiger partial charge in [-0.15, -0.1) is 0 Å². The highest BCUT2D eigenvalue weighted by molar-refractivity contribution is 4.95. The van der Waals surface area contributed by atoms with Crippen molar-refractivity contribution in [2.24, 2.45) is 11.7 Å². The van der Waals surface area contributed by atoms with E-state index in [9.17, 15) is 0 Å². The van der Waals surface area contributed by atoms with Gasteiger partial charge in [0.1, 0.15) is 0 Å².